The van der Waals surface area contributed by atoms with Crippen LogP contribution < -0.4 is 14.8 Å². The number of amides is 1. The molecule has 0 aromatic heterocycles. The van der Waals surface area contributed by atoms with Crippen LogP contribution in [0.4, 0.5) is 0 Å². The number of piperazine rings is 1. The fourth-order valence-corrected chi connectivity index (χ4v) is 4.90. The highest BCUT2D eigenvalue weighted by molar-refractivity contribution is 7.89. The molecule has 1 fully saturated rings. The zero-order chi connectivity index (χ0) is 22.4. The van der Waals surface area contributed by atoms with Crippen LogP contribution in [0.5, 0.6) is 11.5 Å². The molecule has 0 radical (unpaired) electrons. The van der Waals surface area contributed by atoms with Gasteiger partial charge in [-0.2, -0.15) is 4.31 Å². The maximum atomic E-state index is 12.9. The maximum Gasteiger partial charge on any atom is 0.251 e. The van der Waals surface area contributed by atoms with Crippen molar-refractivity contribution in [3.63, 3.8) is 0 Å². The molecule has 8 nitrogen and oxygen atoms in total. The van der Waals surface area contributed by atoms with Crippen molar-refractivity contribution < 1.29 is 22.7 Å². The molecular weight excluding hydrogens is 418 g/mol. The first-order valence-electron chi connectivity index (χ1n) is 10.1. The largest absolute Gasteiger partial charge is 0.493 e. The van der Waals surface area contributed by atoms with Gasteiger partial charge in [-0.15, -0.1) is 0 Å². The Morgan fingerprint density at radius 3 is 2.39 bits per heavy atom. The lowest BCUT2D eigenvalue weighted by molar-refractivity contribution is 0.0954. The van der Waals surface area contributed by atoms with E-state index >= 15 is 0 Å². The minimum absolute atomic E-state index is 0.143. The molecule has 9 heteroatoms. The van der Waals surface area contributed by atoms with Crippen molar-refractivity contribution in [2.24, 2.45) is 0 Å². The van der Waals surface area contributed by atoms with Crippen molar-refractivity contribution in [2.75, 3.05) is 54.0 Å². The van der Waals surface area contributed by atoms with E-state index in [1.165, 1.54) is 16.4 Å². The van der Waals surface area contributed by atoms with Crippen LogP contribution in [-0.2, 0) is 16.4 Å². The number of nitrogens with one attached hydrogen (secondary N) is 1. The molecule has 0 unspecified atom stereocenters. The fraction of sp³-hybridized carbons (Fsp3) is 0.409. The quantitative estimate of drug-likeness (QED) is 0.662. The van der Waals surface area contributed by atoms with Crippen molar-refractivity contribution >= 4 is 15.9 Å². The van der Waals surface area contributed by atoms with Crippen LogP contribution in [0.3, 0.4) is 0 Å². The molecule has 1 heterocycles. The highest BCUT2D eigenvalue weighted by Gasteiger charge is 2.27. The van der Waals surface area contributed by atoms with E-state index in [1.54, 1.807) is 26.4 Å². The molecule has 31 heavy (non-hydrogen) atoms. The van der Waals surface area contributed by atoms with Crippen molar-refractivity contribution in [3.8, 4) is 11.5 Å². The lowest BCUT2D eigenvalue weighted by atomic mass is 10.1. The number of sulfonamides is 1. The van der Waals surface area contributed by atoms with Gasteiger partial charge in [-0.1, -0.05) is 12.1 Å². The lowest BCUT2D eigenvalue weighted by Crippen LogP contribution is -2.47. The summed E-state index contributed by atoms with van der Waals surface area (Å²) >= 11 is 0. The Morgan fingerprint density at radius 1 is 1.00 bits per heavy atom. The number of carbonyl (C=O) groups excluding carboxylic acids is 1. The SMILES string of the molecule is COc1ccc(CCNC(=O)c2cccc(S(=O)(=O)N3CCN(C)CC3)c2)cc1OC. The minimum Gasteiger partial charge on any atom is -0.493 e. The second kappa shape index (κ2) is 10.1. The van der Waals surface area contributed by atoms with Gasteiger partial charge in [-0.25, -0.2) is 8.42 Å². The molecule has 3 rings (SSSR count). The van der Waals surface area contributed by atoms with E-state index in [9.17, 15) is 13.2 Å². The summed E-state index contributed by atoms with van der Waals surface area (Å²) in [7, 11) is 1.51. The maximum absolute atomic E-state index is 12.9. The molecule has 1 N–H and O–H groups in total. The van der Waals surface area contributed by atoms with E-state index < -0.39 is 10.0 Å². The van der Waals surface area contributed by atoms with Crippen LogP contribution in [0.25, 0.3) is 0 Å². The summed E-state index contributed by atoms with van der Waals surface area (Å²) in [5, 5.41) is 2.85. The van der Waals surface area contributed by atoms with Gasteiger partial charge in [0.15, 0.2) is 11.5 Å². The lowest BCUT2D eigenvalue weighted by Gasteiger charge is -2.31. The van der Waals surface area contributed by atoms with Crippen molar-refractivity contribution in [2.45, 2.75) is 11.3 Å². The fourth-order valence-electron chi connectivity index (χ4n) is 3.43. The molecule has 1 aliphatic heterocycles. The summed E-state index contributed by atoms with van der Waals surface area (Å²) in [6.45, 7) is 2.68. The van der Waals surface area contributed by atoms with Gasteiger partial charge in [0.2, 0.25) is 10.0 Å². The van der Waals surface area contributed by atoms with Gasteiger partial charge >= 0.3 is 0 Å². The molecule has 0 spiro atoms. The standard InChI is InChI=1S/C22H29N3O5S/c1-24-11-13-25(14-12-24)31(27,28)19-6-4-5-18(16-19)22(26)23-10-9-17-7-8-20(29-2)21(15-17)30-3/h4-8,15-16H,9-14H2,1-3H3,(H,23,26). The minimum atomic E-state index is -3.62. The van der Waals surface area contributed by atoms with E-state index in [0.717, 1.165) is 5.56 Å². The van der Waals surface area contributed by atoms with Crippen molar-refractivity contribution in [1.82, 2.24) is 14.5 Å². The third kappa shape index (κ3) is 5.55. The van der Waals surface area contributed by atoms with Gasteiger partial charge in [0.1, 0.15) is 0 Å². The van der Waals surface area contributed by atoms with E-state index in [2.05, 4.69) is 10.2 Å². The third-order valence-corrected chi connectivity index (χ3v) is 7.24. The molecule has 0 saturated carbocycles. The predicted octanol–water partition coefficient (Wildman–Crippen LogP) is 1.61. The molecule has 0 bridgehead atoms. The van der Waals surface area contributed by atoms with Crippen LogP contribution in [0.2, 0.25) is 0 Å². The van der Waals surface area contributed by atoms with Gasteiger partial charge in [-0.3, -0.25) is 4.79 Å². The highest BCUT2D eigenvalue weighted by atomic mass is 32.2. The molecule has 1 amide bonds. The van der Waals surface area contributed by atoms with Crippen LogP contribution >= 0.6 is 0 Å². The molecule has 1 aliphatic rings. The first-order valence-corrected chi connectivity index (χ1v) is 11.6. The molecular formula is C22H29N3O5S. The number of rotatable bonds is 8. The summed E-state index contributed by atoms with van der Waals surface area (Å²) in [5.41, 5.74) is 1.31. The number of hydrogen-bond donors (Lipinski definition) is 1. The van der Waals surface area contributed by atoms with E-state index in [0.29, 0.717) is 56.2 Å². The van der Waals surface area contributed by atoms with Crippen molar-refractivity contribution in [3.05, 3.63) is 53.6 Å². The average Bonchev–Trinajstić information content (AvgIpc) is 2.79. The Morgan fingerprint density at radius 2 is 1.71 bits per heavy atom. The van der Waals surface area contributed by atoms with Crippen LogP contribution in [0, 0.1) is 0 Å². The van der Waals surface area contributed by atoms with Crippen LogP contribution in [0.15, 0.2) is 47.4 Å². The Balaban J connectivity index is 1.62. The van der Waals surface area contributed by atoms with Crippen molar-refractivity contribution in [1.29, 1.82) is 0 Å². The number of hydrogen-bond acceptors (Lipinski definition) is 6. The van der Waals surface area contributed by atoms with E-state index in [-0.39, 0.29) is 10.8 Å². The Labute approximate surface area is 183 Å². The summed E-state index contributed by atoms with van der Waals surface area (Å²) in [6.07, 6.45) is 0.603. The Bertz CT molecular complexity index is 1020. The number of carbonyl (C=O) groups is 1. The first kappa shape index (κ1) is 23.1. The number of benzene rings is 2. The second-order valence-corrected chi connectivity index (χ2v) is 9.37. The van der Waals surface area contributed by atoms with Gasteiger partial charge < -0.3 is 19.7 Å². The van der Waals surface area contributed by atoms with Gasteiger partial charge in [0, 0.05) is 38.3 Å². The van der Waals surface area contributed by atoms with Crippen LogP contribution in [-0.4, -0.2) is 77.5 Å². The monoisotopic (exact) mass is 447 g/mol. The van der Waals surface area contributed by atoms with Crippen LogP contribution in [0.1, 0.15) is 15.9 Å². The normalized spacial score (nSPS) is 15.5. The first-order chi connectivity index (χ1) is 14.8. The Kier molecular flexibility index (Phi) is 7.53. The number of nitrogens with zero attached hydrogens (tertiary/aromatic N) is 2. The number of ether oxygens (including phenoxy) is 2. The second-order valence-electron chi connectivity index (χ2n) is 7.43. The van der Waals surface area contributed by atoms with E-state index in [1.807, 2.05) is 25.2 Å². The molecule has 2 aromatic rings. The number of methoxy groups -OCH3 is 2. The smallest absolute Gasteiger partial charge is 0.251 e. The zero-order valence-electron chi connectivity index (χ0n) is 18.1. The van der Waals surface area contributed by atoms with Gasteiger partial charge in [0.25, 0.3) is 5.91 Å². The summed E-state index contributed by atoms with van der Waals surface area (Å²) in [4.78, 5) is 14.8. The average molecular weight is 448 g/mol. The highest BCUT2D eigenvalue weighted by Crippen LogP contribution is 2.27. The molecule has 168 valence electrons. The number of likely N-dealkylation sites (N-methyl/N-ethyl adjacent to an activating group) is 1. The Hall–Kier alpha value is -2.62. The topological polar surface area (TPSA) is 88.2 Å². The molecule has 1 saturated heterocycles. The summed E-state index contributed by atoms with van der Waals surface area (Å²) < 4.78 is 37.9. The van der Waals surface area contributed by atoms with Gasteiger partial charge in [-0.05, 0) is 49.4 Å². The van der Waals surface area contributed by atoms with Gasteiger partial charge in [0.05, 0.1) is 19.1 Å². The third-order valence-electron chi connectivity index (χ3n) is 5.34. The summed E-state index contributed by atoms with van der Waals surface area (Å²) in [5.74, 6) is 0.970. The zero-order valence-corrected chi connectivity index (χ0v) is 18.9. The predicted molar refractivity (Wildman–Crippen MR) is 118 cm³/mol. The molecule has 2 aromatic carbocycles. The molecule has 0 atom stereocenters. The van der Waals surface area contributed by atoms with E-state index in [4.69, 9.17) is 9.47 Å². The molecule has 0 aliphatic carbocycles. The summed E-state index contributed by atoms with van der Waals surface area (Å²) in [6, 6.07) is 11.8.